The maximum Gasteiger partial charge on any atom is 0.254 e. The van der Waals surface area contributed by atoms with Crippen LogP contribution in [0.4, 0.5) is 0 Å². The number of carbonyl (C=O) groups is 1. The van der Waals surface area contributed by atoms with Crippen molar-refractivity contribution in [3.63, 3.8) is 0 Å². The Kier molecular flexibility index (Phi) is 4.74. The van der Waals surface area contributed by atoms with E-state index in [1.807, 2.05) is 30.3 Å². The quantitative estimate of drug-likeness (QED) is 0.937. The highest BCUT2D eigenvalue weighted by molar-refractivity contribution is 6.07. The standard InChI is InChI=1S/C19H24N2O/c1-2-3-9-16-14-20-12-13-21(16)19(22)18-11-6-8-15-7-4-5-10-17(15)18/h4-8,10-11,16,20H,2-3,9,12-14H2,1H3/t16-/m1/s1. The number of piperazine rings is 1. The van der Waals surface area contributed by atoms with Crippen LogP contribution >= 0.6 is 0 Å². The molecule has 0 unspecified atom stereocenters. The van der Waals surface area contributed by atoms with E-state index in [1.54, 1.807) is 0 Å². The molecule has 22 heavy (non-hydrogen) atoms. The third-order valence-electron chi connectivity index (χ3n) is 4.52. The fourth-order valence-electron chi connectivity index (χ4n) is 3.29. The molecule has 1 aliphatic heterocycles. The smallest absolute Gasteiger partial charge is 0.254 e. The summed E-state index contributed by atoms with van der Waals surface area (Å²) >= 11 is 0. The van der Waals surface area contributed by atoms with Crippen LogP contribution in [0.25, 0.3) is 10.8 Å². The molecule has 3 heteroatoms. The first kappa shape index (κ1) is 15.0. The molecule has 1 amide bonds. The van der Waals surface area contributed by atoms with Crippen molar-refractivity contribution in [3.05, 3.63) is 48.0 Å². The van der Waals surface area contributed by atoms with Crippen molar-refractivity contribution in [1.82, 2.24) is 10.2 Å². The molecule has 0 spiro atoms. The molecule has 2 aromatic carbocycles. The van der Waals surface area contributed by atoms with Gasteiger partial charge in [0.1, 0.15) is 0 Å². The maximum atomic E-state index is 13.1. The van der Waals surface area contributed by atoms with E-state index >= 15 is 0 Å². The van der Waals surface area contributed by atoms with Crippen LogP contribution in [-0.4, -0.2) is 36.5 Å². The molecule has 116 valence electrons. The largest absolute Gasteiger partial charge is 0.333 e. The number of hydrogen-bond donors (Lipinski definition) is 1. The molecule has 0 radical (unpaired) electrons. The predicted octanol–water partition coefficient (Wildman–Crippen LogP) is 3.44. The zero-order valence-corrected chi connectivity index (χ0v) is 13.2. The average molecular weight is 296 g/mol. The van der Waals surface area contributed by atoms with Gasteiger partial charge in [-0.2, -0.15) is 0 Å². The van der Waals surface area contributed by atoms with Crippen molar-refractivity contribution in [2.24, 2.45) is 0 Å². The Labute approximate surface area is 132 Å². The van der Waals surface area contributed by atoms with Gasteiger partial charge in [0.25, 0.3) is 5.91 Å². The molecule has 3 rings (SSSR count). The number of nitrogens with one attached hydrogen (secondary N) is 1. The van der Waals surface area contributed by atoms with E-state index in [2.05, 4.69) is 29.3 Å². The van der Waals surface area contributed by atoms with E-state index in [0.29, 0.717) is 6.04 Å². The molecule has 2 aromatic rings. The number of fused-ring (bicyclic) bond motifs is 1. The van der Waals surface area contributed by atoms with Crippen molar-refractivity contribution in [1.29, 1.82) is 0 Å². The number of amides is 1. The molecule has 1 saturated heterocycles. The summed E-state index contributed by atoms with van der Waals surface area (Å²) < 4.78 is 0. The number of benzene rings is 2. The minimum Gasteiger partial charge on any atom is -0.333 e. The lowest BCUT2D eigenvalue weighted by Gasteiger charge is -2.36. The number of rotatable bonds is 4. The Morgan fingerprint density at radius 2 is 2.05 bits per heavy atom. The van der Waals surface area contributed by atoms with Crippen LogP contribution in [0.2, 0.25) is 0 Å². The summed E-state index contributed by atoms with van der Waals surface area (Å²) in [4.78, 5) is 15.2. The third kappa shape index (κ3) is 3.00. The summed E-state index contributed by atoms with van der Waals surface area (Å²) in [5.74, 6) is 0.180. The highest BCUT2D eigenvalue weighted by Gasteiger charge is 2.27. The van der Waals surface area contributed by atoms with Crippen molar-refractivity contribution in [2.45, 2.75) is 32.2 Å². The molecule has 3 nitrogen and oxygen atoms in total. The second-order valence-corrected chi connectivity index (χ2v) is 6.03. The Hall–Kier alpha value is -1.87. The molecular weight excluding hydrogens is 272 g/mol. The SMILES string of the molecule is CCCC[C@@H]1CNCCN1C(=O)c1cccc2ccccc12. The second kappa shape index (κ2) is 6.93. The monoisotopic (exact) mass is 296 g/mol. The Bertz CT molecular complexity index is 647. The highest BCUT2D eigenvalue weighted by atomic mass is 16.2. The Morgan fingerprint density at radius 3 is 2.91 bits per heavy atom. The van der Waals surface area contributed by atoms with E-state index in [4.69, 9.17) is 0 Å². The van der Waals surface area contributed by atoms with Crippen LogP contribution in [0.15, 0.2) is 42.5 Å². The van der Waals surface area contributed by atoms with E-state index in [-0.39, 0.29) is 5.91 Å². The number of carbonyl (C=O) groups excluding carboxylic acids is 1. The molecular formula is C19H24N2O. The fourth-order valence-corrected chi connectivity index (χ4v) is 3.29. The molecule has 1 N–H and O–H groups in total. The normalized spacial score (nSPS) is 18.6. The van der Waals surface area contributed by atoms with Gasteiger partial charge in [0.15, 0.2) is 0 Å². The zero-order valence-electron chi connectivity index (χ0n) is 13.2. The summed E-state index contributed by atoms with van der Waals surface area (Å²) in [6.07, 6.45) is 3.43. The Balaban J connectivity index is 1.90. The van der Waals surface area contributed by atoms with Crippen molar-refractivity contribution in [3.8, 4) is 0 Å². The minimum absolute atomic E-state index is 0.180. The van der Waals surface area contributed by atoms with Gasteiger partial charge in [0.05, 0.1) is 0 Å². The average Bonchev–Trinajstić information content (AvgIpc) is 2.59. The maximum absolute atomic E-state index is 13.1. The van der Waals surface area contributed by atoms with Gasteiger partial charge in [-0.15, -0.1) is 0 Å². The molecule has 1 aliphatic rings. The number of unbranched alkanes of at least 4 members (excludes halogenated alkanes) is 1. The summed E-state index contributed by atoms with van der Waals surface area (Å²) in [5, 5.41) is 5.61. The van der Waals surface area contributed by atoms with Gasteiger partial charge in [-0.3, -0.25) is 4.79 Å². The number of hydrogen-bond acceptors (Lipinski definition) is 2. The second-order valence-electron chi connectivity index (χ2n) is 6.03. The fraction of sp³-hybridized carbons (Fsp3) is 0.421. The van der Waals surface area contributed by atoms with Gasteiger partial charge in [-0.25, -0.2) is 0 Å². The molecule has 0 saturated carbocycles. The van der Waals surface area contributed by atoms with Crippen molar-refractivity contribution in [2.75, 3.05) is 19.6 Å². The topological polar surface area (TPSA) is 32.3 Å². The van der Waals surface area contributed by atoms with E-state index < -0.39 is 0 Å². The first-order valence-corrected chi connectivity index (χ1v) is 8.30. The van der Waals surface area contributed by atoms with Gasteiger partial charge >= 0.3 is 0 Å². The van der Waals surface area contributed by atoms with E-state index in [9.17, 15) is 4.79 Å². The van der Waals surface area contributed by atoms with E-state index in [1.165, 1.54) is 12.8 Å². The minimum atomic E-state index is 0.180. The van der Waals surface area contributed by atoms with Gasteiger partial charge in [-0.05, 0) is 23.3 Å². The highest BCUT2D eigenvalue weighted by Crippen LogP contribution is 2.22. The van der Waals surface area contributed by atoms with E-state index in [0.717, 1.165) is 42.4 Å². The third-order valence-corrected chi connectivity index (χ3v) is 4.52. The summed E-state index contributed by atoms with van der Waals surface area (Å²) in [6, 6.07) is 14.5. The van der Waals surface area contributed by atoms with Crippen LogP contribution < -0.4 is 5.32 Å². The molecule has 0 bridgehead atoms. The van der Waals surface area contributed by atoms with Crippen molar-refractivity contribution < 1.29 is 4.79 Å². The summed E-state index contributed by atoms with van der Waals surface area (Å²) in [5.41, 5.74) is 0.835. The van der Waals surface area contributed by atoms with Crippen LogP contribution in [-0.2, 0) is 0 Å². The van der Waals surface area contributed by atoms with Gasteiger partial charge in [0, 0.05) is 31.2 Å². The molecule has 1 atom stereocenters. The predicted molar refractivity (Wildman–Crippen MR) is 91.2 cm³/mol. The van der Waals surface area contributed by atoms with Crippen LogP contribution in [0.3, 0.4) is 0 Å². The lowest BCUT2D eigenvalue weighted by molar-refractivity contribution is 0.0624. The zero-order chi connectivity index (χ0) is 15.4. The Morgan fingerprint density at radius 1 is 1.23 bits per heavy atom. The van der Waals surface area contributed by atoms with Crippen LogP contribution in [0.5, 0.6) is 0 Å². The first-order valence-electron chi connectivity index (χ1n) is 8.30. The molecule has 0 aliphatic carbocycles. The van der Waals surface area contributed by atoms with Crippen LogP contribution in [0, 0.1) is 0 Å². The van der Waals surface area contributed by atoms with Gasteiger partial charge in [-0.1, -0.05) is 56.2 Å². The lowest BCUT2D eigenvalue weighted by atomic mass is 10.0. The van der Waals surface area contributed by atoms with Gasteiger partial charge < -0.3 is 10.2 Å². The molecule has 1 heterocycles. The number of nitrogens with zero attached hydrogens (tertiary/aromatic N) is 1. The lowest BCUT2D eigenvalue weighted by Crippen LogP contribution is -2.53. The molecule has 0 aromatic heterocycles. The summed E-state index contributed by atoms with van der Waals surface area (Å²) in [6.45, 7) is 4.80. The first-order chi connectivity index (χ1) is 10.8. The van der Waals surface area contributed by atoms with Gasteiger partial charge in [0.2, 0.25) is 0 Å². The molecule has 1 fully saturated rings. The van der Waals surface area contributed by atoms with Crippen LogP contribution in [0.1, 0.15) is 36.5 Å². The summed E-state index contributed by atoms with van der Waals surface area (Å²) in [7, 11) is 0. The van der Waals surface area contributed by atoms with Crippen molar-refractivity contribution >= 4 is 16.7 Å².